The van der Waals surface area contributed by atoms with E-state index in [1.54, 1.807) is 36.4 Å². The molecule has 0 fully saturated rings. The number of anilines is 1. The lowest BCUT2D eigenvalue weighted by Gasteiger charge is -2.34. The Labute approximate surface area is 240 Å². The van der Waals surface area contributed by atoms with E-state index in [1.807, 2.05) is 0 Å². The van der Waals surface area contributed by atoms with Gasteiger partial charge in [0, 0.05) is 23.9 Å². The molecule has 0 aliphatic carbocycles. The van der Waals surface area contributed by atoms with Gasteiger partial charge in [0.05, 0.1) is 28.8 Å². The quantitative estimate of drug-likeness (QED) is 0.200. The van der Waals surface area contributed by atoms with E-state index in [0.29, 0.717) is 11.8 Å². The Bertz CT molecular complexity index is 1510. The highest BCUT2D eigenvalue weighted by molar-refractivity contribution is 6.42. The molecule has 1 unspecified atom stereocenters. The lowest BCUT2D eigenvalue weighted by molar-refractivity contribution is -0.138. The Hall–Kier alpha value is -3.47. The normalized spacial score (nSPS) is 12.7. The first-order valence-corrected chi connectivity index (χ1v) is 12.7. The Morgan fingerprint density at radius 1 is 0.780 bits per heavy atom. The fourth-order valence-corrected chi connectivity index (χ4v) is 4.44. The number of ether oxygens (including phenoxy) is 1. The molecule has 0 aliphatic rings. The second-order valence-electron chi connectivity index (χ2n) is 8.90. The van der Waals surface area contributed by atoms with Gasteiger partial charge < -0.3 is 14.7 Å². The minimum Gasteiger partial charge on any atom is -0.456 e. The number of rotatable bonds is 8. The Morgan fingerprint density at radius 3 is 2.02 bits per heavy atom. The average molecular weight is 618 g/mol. The zero-order chi connectivity index (χ0) is 29.9. The van der Waals surface area contributed by atoms with Crippen molar-refractivity contribution in [3.8, 4) is 11.5 Å². The van der Waals surface area contributed by atoms with Gasteiger partial charge in [0.2, 0.25) is 0 Å². The van der Waals surface area contributed by atoms with E-state index in [-0.39, 0.29) is 39.2 Å². The second kappa shape index (κ2) is 12.2. The smallest absolute Gasteiger partial charge is 0.416 e. The molecule has 0 bridgehead atoms. The van der Waals surface area contributed by atoms with Gasteiger partial charge in [-0.2, -0.15) is 26.3 Å². The fraction of sp³-hybridized carbons (Fsp3) is 0.172. The molecule has 216 valence electrons. The first kappa shape index (κ1) is 30.5. The minimum absolute atomic E-state index is 0.140. The third kappa shape index (κ3) is 7.25. The number of benzene rings is 4. The van der Waals surface area contributed by atoms with E-state index in [9.17, 15) is 35.8 Å². The lowest BCUT2D eigenvalue weighted by atomic mass is 10.0. The second-order valence-corrected chi connectivity index (χ2v) is 9.69. The van der Waals surface area contributed by atoms with Crippen molar-refractivity contribution in [2.45, 2.75) is 24.9 Å². The number of hydrogen-bond donors (Lipinski definition) is 1. The van der Waals surface area contributed by atoms with Crippen molar-refractivity contribution in [2.24, 2.45) is 0 Å². The molecule has 0 aliphatic heterocycles. The molecule has 0 saturated carbocycles. The van der Waals surface area contributed by atoms with E-state index in [1.165, 1.54) is 23.1 Å². The van der Waals surface area contributed by atoms with Crippen LogP contribution < -0.4 is 9.64 Å². The van der Waals surface area contributed by atoms with Gasteiger partial charge in [0.25, 0.3) is 0 Å². The molecule has 12 heteroatoms. The number of nitrogens with zero attached hydrogens (tertiary/aromatic N) is 1. The van der Waals surface area contributed by atoms with Gasteiger partial charge in [-0.05, 0) is 54.1 Å². The maximum atomic E-state index is 14.9. The highest BCUT2D eigenvalue weighted by Crippen LogP contribution is 2.38. The third-order valence-electron chi connectivity index (χ3n) is 6.19. The molecule has 4 rings (SSSR count). The van der Waals surface area contributed by atoms with Crippen LogP contribution in [0.25, 0.3) is 0 Å². The first-order chi connectivity index (χ1) is 19.3. The molecule has 0 spiro atoms. The summed E-state index contributed by atoms with van der Waals surface area (Å²) in [7, 11) is 0. The summed E-state index contributed by atoms with van der Waals surface area (Å²) in [6, 6.07) is 16.0. The van der Waals surface area contributed by atoms with Crippen molar-refractivity contribution in [3.05, 3.63) is 123 Å². The first-order valence-electron chi connectivity index (χ1n) is 11.9. The molecule has 0 saturated heterocycles. The van der Waals surface area contributed by atoms with E-state index in [4.69, 9.17) is 27.9 Å². The van der Waals surface area contributed by atoms with Gasteiger partial charge >= 0.3 is 12.4 Å². The topological polar surface area (TPSA) is 32.7 Å². The minimum atomic E-state index is -4.76. The molecule has 4 aromatic carbocycles. The molecule has 0 heterocycles. The maximum Gasteiger partial charge on any atom is 0.416 e. The Balaban J connectivity index is 1.76. The SMILES string of the molecule is OCC(c1ccc(C(F)(F)F)cc1)N(Cc1ccc(C(F)(F)F)cc1F)c1cccc(Oc2cccc(Cl)c2Cl)c1. The predicted molar refractivity (Wildman–Crippen MR) is 142 cm³/mol. The summed E-state index contributed by atoms with van der Waals surface area (Å²) in [4.78, 5) is 1.45. The van der Waals surface area contributed by atoms with Gasteiger partial charge in [-0.25, -0.2) is 4.39 Å². The lowest BCUT2D eigenvalue weighted by Crippen LogP contribution is -2.31. The summed E-state index contributed by atoms with van der Waals surface area (Å²) in [5, 5.41) is 10.7. The number of alkyl halides is 6. The zero-order valence-electron chi connectivity index (χ0n) is 20.8. The monoisotopic (exact) mass is 617 g/mol. The highest BCUT2D eigenvalue weighted by Gasteiger charge is 2.33. The van der Waals surface area contributed by atoms with Gasteiger partial charge in [-0.15, -0.1) is 0 Å². The molecule has 0 radical (unpaired) electrons. The van der Waals surface area contributed by atoms with Crippen LogP contribution in [-0.2, 0) is 18.9 Å². The number of hydrogen-bond acceptors (Lipinski definition) is 3. The van der Waals surface area contributed by atoms with Crippen molar-refractivity contribution >= 4 is 28.9 Å². The van der Waals surface area contributed by atoms with Crippen LogP contribution in [0.2, 0.25) is 10.0 Å². The molecular weight excluding hydrogens is 598 g/mol. The van der Waals surface area contributed by atoms with Crippen molar-refractivity contribution in [1.82, 2.24) is 0 Å². The summed E-state index contributed by atoms with van der Waals surface area (Å²) in [6.07, 6.45) is -9.36. The summed E-state index contributed by atoms with van der Waals surface area (Å²) >= 11 is 12.3. The molecule has 3 nitrogen and oxygen atoms in total. The summed E-state index contributed by atoms with van der Waals surface area (Å²) in [5.74, 6) is -0.682. The van der Waals surface area contributed by atoms with Gasteiger partial charge in [0.1, 0.15) is 22.3 Å². The molecule has 1 N–H and O–H groups in total. The van der Waals surface area contributed by atoms with Crippen molar-refractivity contribution in [1.29, 1.82) is 0 Å². The van der Waals surface area contributed by atoms with Crippen molar-refractivity contribution in [3.63, 3.8) is 0 Å². The molecule has 1 atom stereocenters. The predicted octanol–water partition coefficient (Wildman–Crippen LogP) is 9.70. The van der Waals surface area contributed by atoms with Crippen LogP contribution in [0, 0.1) is 5.82 Å². The van der Waals surface area contributed by atoms with E-state index in [0.717, 1.165) is 24.3 Å². The molecule has 41 heavy (non-hydrogen) atoms. The zero-order valence-corrected chi connectivity index (χ0v) is 22.3. The van der Waals surface area contributed by atoms with E-state index >= 15 is 0 Å². The third-order valence-corrected chi connectivity index (χ3v) is 6.99. The van der Waals surface area contributed by atoms with E-state index in [2.05, 4.69) is 0 Å². The van der Waals surface area contributed by atoms with Crippen LogP contribution in [-0.4, -0.2) is 11.7 Å². The van der Waals surface area contributed by atoms with Crippen molar-refractivity contribution < 1.29 is 40.6 Å². The maximum absolute atomic E-state index is 14.9. The van der Waals surface area contributed by atoms with Gasteiger partial charge in [-0.1, -0.05) is 53.5 Å². The molecule has 0 aromatic heterocycles. The molecule has 0 amide bonds. The highest BCUT2D eigenvalue weighted by atomic mass is 35.5. The summed E-state index contributed by atoms with van der Waals surface area (Å²) < 4.78 is 99.5. The van der Waals surface area contributed by atoms with Crippen LogP contribution in [0.15, 0.2) is 84.9 Å². The van der Waals surface area contributed by atoms with Crippen LogP contribution in [0.3, 0.4) is 0 Å². The van der Waals surface area contributed by atoms with Gasteiger partial charge in [0.15, 0.2) is 0 Å². The number of aliphatic hydroxyl groups is 1. The van der Waals surface area contributed by atoms with E-state index < -0.39 is 41.9 Å². The fourth-order valence-electron chi connectivity index (χ4n) is 4.11. The Morgan fingerprint density at radius 2 is 1.41 bits per heavy atom. The number of aliphatic hydroxyl groups excluding tert-OH is 1. The summed E-state index contributed by atoms with van der Waals surface area (Å²) in [5.41, 5.74) is -1.67. The Kier molecular flexibility index (Phi) is 9.06. The van der Waals surface area contributed by atoms with Crippen LogP contribution in [0.4, 0.5) is 36.4 Å². The van der Waals surface area contributed by atoms with Crippen LogP contribution in [0.5, 0.6) is 11.5 Å². The molecule has 4 aromatic rings. The van der Waals surface area contributed by atoms with Gasteiger partial charge in [-0.3, -0.25) is 0 Å². The van der Waals surface area contributed by atoms with Crippen molar-refractivity contribution in [2.75, 3.05) is 11.5 Å². The van der Waals surface area contributed by atoms with Crippen LogP contribution >= 0.6 is 23.2 Å². The average Bonchev–Trinajstić information content (AvgIpc) is 2.91. The number of halogens is 9. The van der Waals surface area contributed by atoms with Crippen LogP contribution in [0.1, 0.15) is 28.3 Å². The largest absolute Gasteiger partial charge is 0.456 e. The summed E-state index contributed by atoms with van der Waals surface area (Å²) in [6.45, 7) is -0.976. The standard InChI is InChI=1S/C29H20Cl2F7NO2/c30-23-5-2-6-26(27(23)31)41-22-4-1-3-21(14-22)39(15-18-9-12-20(13-24(18)32)29(36,37)38)25(16-40)17-7-10-19(11-8-17)28(33,34)35/h1-14,25,40H,15-16H2. The molecular formula is C29H20Cl2F7NO2.